The molecule has 0 fully saturated rings. The third-order valence-electron chi connectivity index (χ3n) is 4.38. The highest BCUT2D eigenvalue weighted by Crippen LogP contribution is 2.40. The van der Waals surface area contributed by atoms with Crippen LogP contribution in [0.1, 0.15) is 20.8 Å². The minimum atomic E-state index is -5.32. The molecule has 38 heavy (non-hydrogen) atoms. The number of nitrogens with one attached hydrogen (secondary N) is 1. The van der Waals surface area contributed by atoms with E-state index in [1.165, 1.54) is 6.07 Å². The lowest BCUT2D eigenvalue weighted by Crippen LogP contribution is -2.21. The monoisotopic (exact) mass is 549 g/mol. The Bertz CT molecular complexity index is 1360. The SMILES string of the molecule is COc1cc(OC(F)(F)F)ccc1Oc1ccc(OC(F)(F)F)c(F)c1C(=O)Nc1ccnc(C(N)=O)c1. The second kappa shape index (κ2) is 10.7. The van der Waals surface area contributed by atoms with Gasteiger partial charge >= 0.3 is 12.7 Å². The van der Waals surface area contributed by atoms with Gasteiger partial charge in [0, 0.05) is 18.0 Å². The average Bonchev–Trinajstić information content (AvgIpc) is 2.80. The lowest BCUT2D eigenvalue weighted by Gasteiger charge is -2.17. The molecular weight excluding hydrogens is 535 g/mol. The van der Waals surface area contributed by atoms with Crippen molar-refractivity contribution in [3.05, 3.63) is 65.7 Å². The maximum Gasteiger partial charge on any atom is 0.573 e. The fraction of sp³-hybridized carbons (Fsp3) is 0.136. The van der Waals surface area contributed by atoms with Crippen LogP contribution < -0.4 is 30.0 Å². The summed E-state index contributed by atoms with van der Waals surface area (Å²) in [6.45, 7) is 0. The van der Waals surface area contributed by atoms with E-state index in [-0.39, 0.29) is 22.9 Å². The number of carbonyl (C=O) groups excluding carboxylic acids is 2. The number of aromatic nitrogens is 1. The van der Waals surface area contributed by atoms with Crippen LogP contribution in [0, 0.1) is 5.82 Å². The van der Waals surface area contributed by atoms with E-state index in [1.807, 2.05) is 0 Å². The van der Waals surface area contributed by atoms with Gasteiger partial charge in [-0.2, -0.15) is 0 Å². The first-order valence-corrected chi connectivity index (χ1v) is 9.94. The molecule has 0 unspecified atom stereocenters. The third kappa shape index (κ3) is 7.14. The molecule has 3 aromatic rings. The van der Waals surface area contributed by atoms with Gasteiger partial charge in [0.25, 0.3) is 11.8 Å². The minimum Gasteiger partial charge on any atom is -0.493 e. The van der Waals surface area contributed by atoms with Crippen LogP contribution in [0.25, 0.3) is 0 Å². The van der Waals surface area contributed by atoms with E-state index in [4.69, 9.17) is 15.2 Å². The number of rotatable bonds is 8. The van der Waals surface area contributed by atoms with Crippen molar-refractivity contribution in [1.82, 2.24) is 4.98 Å². The molecule has 1 aromatic heterocycles. The van der Waals surface area contributed by atoms with Gasteiger partial charge in [0.2, 0.25) is 0 Å². The van der Waals surface area contributed by atoms with Crippen molar-refractivity contribution in [1.29, 1.82) is 0 Å². The fourth-order valence-electron chi connectivity index (χ4n) is 2.92. The molecule has 0 aliphatic rings. The number of hydrogen-bond donors (Lipinski definition) is 2. The lowest BCUT2D eigenvalue weighted by atomic mass is 10.1. The average molecular weight is 549 g/mol. The van der Waals surface area contributed by atoms with Gasteiger partial charge in [0.05, 0.1) is 7.11 Å². The number of alkyl halides is 6. The fourth-order valence-corrected chi connectivity index (χ4v) is 2.92. The molecule has 3 N–H and O–H groups in total. The molecule has 0 saturated carbocycles. The molecule has 0 spiro atoms. The maximum atomic E-state index is 15.1. The molecule has 1 heterocycles. The number of hydrogen-bond acceptors (Lipinski definition) is 7. The molecule has 3 rings (SSSR count). The van der Waals surface area contributed by atoms with Gasteiger partial charge in [-0.05, 0) is 36.4 Å². The number of nitrogens with two attached hydrogens (primary N) is 1. The second-order valence-corrected chi connectivity index (χ2v) is 7.01. The van der Waals surface area contributed by atoms with Crippen LogP contribution in [-0.4, -0.2) is 36.6 Å². The number of benzene rings is 2. The number of ether oxygens (including phenoxy) is 4. The van der Waals surface area contributed by atoms with Crippen molar-refractivity contribution in [3.8, 4) is 28.7 Å². The van der Waals surface area contributed by atoms with Gasteiger partial charge in [-0.15, -0.1) is 26.3 Å². The largest absolute Gasteiger partial charge is 0.573 e. The van der Waals surface area contributed by atoms with Crippen LogP contribution in [0.2, 0.25) is 0 Å². The van der Waals surface area contributed by atoms with Gasteiger partial charge < -0.3 is 30.0 Å². The molecule has 2 aromatic carbocycles. The number of methoxy groups -OCH3 is 1. The summed E-state index contributed by atoms with van der Waals surface area (Å²) in [7, 11) is 1.05. The summed E-state index contributed by atoms with van der Waals surface area (Å²) in [6, 6.07) is 5.94. The number of carbonyl (C=O) groups is 2. The van der Waals surface area contributed by atoms with Crippen LogP contribution in [0.3, 0.4) is 0 Å². The highest BCUT2D eigenvalue weighted by atomic mass is 19.4. The number of pyridine rings is 1. The third-order valence-corrected chi connectivity index (χ3v) is 4.38. The topological polar surface area (TPSA) is 122 Å². The van der Waals surface area contributed by atoms with Crippen molar-refractivity contribution in [3.63, 3.8) is 0 Å². The zero-order valence-electron chi connectivity index (χ0n) is 18.7. The van der Waals surface area contributed by atoms with E-state index >= 15 is 4.39 Å². The number of halogens is 7. The molecule has 0 atom stereocenters. The first kappa shape index (κ1) is 27.8. The Morgan fingerprint density at radius 1 is 0.868 bits per heavy atom. The molecule has 202 valence electrons. The van der Waals surface area contributed by atoms with Crippen molar-refractivity contribution < 1.29 is 59.3 Å². The molecule has 0 bridgehead atoms. The molecule has 0 saturated heterocycles. The molecule has 9 nitrogen and oxygen atoms in total. The summed E-state index contributed by atoms with van der Waals surface area (Å²) in [5.41, 5.74) is 3.58. The number of primary amides is 1. The summed E-state index contributed by atoms with van der Waals surface area (Å²) in [6.07, 6.45) is -9.28. The lowest BCUT2D eigenvalue weighted by molar-refractivity contribution is -0.276. The predicted molar refractivity (Wildman–Crippen MR) is 114 cm³/mol. The van der Waals surface area contributed by atoms with Crippen LogP contribution >= 0.6 is 0 Å². The quantitative estimate of drug-likeness (QED) is 0.372. The van der Waals surface area contributed by atoms with Crippen molar-refractivity contribution >= 4 is 17.5 Å². The van der Waals surface area contributed by atoms with Crippen LogP contribution in [0.15, 0.2) is 48.7 Å². The van der Waals surface area contributed by atoms with Crippen LogP contribution in [-0.2, 0) is 0 Å². The van der Waals surface area contributed by atoms with Gasteiger partial charge in [-0.1, -0.05) is 0 Å². The van der Waals surface area contributed by atoms with E-state index < -0.39 is 53.2 Å². The highest BCUT2D eigenvalue weighted by molar-refractivity contribution is 6.07. The van der Waals surface area contributed by atoms with E-state index in [1.54, 1.807) is 0 Å². The van der Waals surface area contributed by atoms with Crippen molar-refractivity contribution in [2.75, 3.05) is 12.4 Å². The minimum absolute atomic E-state index is 0.141. The smallest absolute Gasteiger partial charge is 0.493 e. The number of amides is 2. The summed E-state index contributed by atoms with van der Waals surface area (Å²) in [5.74, 6) is -7.62. The molecule has 2 amide bonds. The van der Waals surface area contributed by atoms with E-state index in [0.29, 0.717) is 6.07 Å². The van der Waals surface area contributed by atoms with Crippen molar-refractivity contribution in [2.45, 2.75) is 12.7 Å². The second-order valence-electron chi connectivity index (χ2n) is 7.01. The zero-order valence-corrected chi connectivity index (χ0v) is 18.7. The van der Waals surface area contributed by atoms with Crippen molar-refractivity contribution in [2.24, 2.45) is 5.73 Å². The number of anilines is 1. The molecule has 16 heteroatoms. The van der Waals surface area contributed by atoms with E-state index in [9.17, 15) is 35.9 Å². The Balaban J connectivity index is 2.04. The standard InChI is InChI=1S/C22H14F7N3O6/c1-35-16-9-11(37-21(24,25)26)2-3-13(16)36-14-4-5-15(38-22(27,28)29)18(23)17(14)20(34)32-10-6-7-31-12(8-10)19(30)33/h2-9H,1H3,(H2,30,33)(H,31,32,34). The summed E-state index contributed by atoms with van der Waals surface area (Å²) in [5, 5.41) is 2.15. The molecule has 0 radical (unpaired) electrons. The van der Waals surface area contributed by atoms with Gasteiger partial charge in [-0.25, -0.2) is 4.39 Å². The summed E-state index contributed by atoms with van der Waals surface area (Å²) in [4.78, 5) is 27.9. The Kier molecular flexibility index (Phi) is 7.83. The summed E-state index contributed by atoms with van der Waals surface area (Å²) >= 11 is 0. The Labute approximate surface area is 207 Å². The zero-order chi connectivity index (χ0) is 28.3. The van der Waals surface area contributed by atoms with Gasteiger partial charge in [0.1, 0.15) is 22.8 Å². The molecule has 0 aliphatic carbocycles. The molecular formula is C22H14F7N3O6. The maximum absolute atomic E-state index is 15.1. The van der Waals surface area contributed by atoms with Crippen LogP contribution in [0.5, 0.6) is 28.7 Å². The highest BCUT2D eigenvalue weighted by Gasteiger charge is 2.35. The van der Waals surface area contributed by atoms with Gasteiger partial charge in [0.15, 0.2) is 23.1 Å². The first-order valence-electron chi connectivity index (χ1n) is 9.94. The van der Waals surface area contributed by atoms with E-state index in [0.717, 1.165) is 43.6 Å². The first-order chi connectivity index (χ1) is 17.7. The Morgan fingerprint density at radius 2 is 1.50 bits per heavy atom. The normalized spacial score (nSPS) is 11.5. The number of nitrogens with zero attached hydrogens (tertiary/aromatic N) is 1. The predicted octanol–water partition coefficient (Wildman–Crippen LogP) is 5.17. The summed E-state index contributed by atoms with van der Waals surface area (Å²) < 4.78 is 109. The Morgan fingerprint density at radius 3 is 2.11 bits per heavy atom. The van der Waals surface area contributed by atoms with Gasteiger partial charge in [-0.3, -0.25) is 14.6 Å². The van der Waals surface area contributed by atoms with E-state index in [2.05, 4.69) is 19.8 Å². The van der Waals surface area contributed by atoms with Crippen LogP contribution in [0.4, 0.5) is 36.4 Å². The molecule has 0 aliphatic heterocycles. The Hall–Kier alpha value is -4.76.